The van der Waals surface area contributed by atoms with E-state index in [4.69, 9.17) is 19.6 Å². The van der Waals surface area contributed by atoms with Crippen LogP contribution in [0.1, 0.15) is 16.1 Å². The first-order valence-corrected chi connectivity index (χ1v) is 9.71. The van der Waals surface area contributed by atoms with Gasteiger partial charge in [-0.25, -0.2) is 0 Å². The lowest BCUT2D eigenvalue weighted by molar-refractivity contribution is 0.0999. The summed E-state index contributed by atoms with van der Waals surface area (Å²) in [6, 6.07) is 20.2. The molecule has 7 nitrogen and oxygen atoms in total. The Hall–Kier alpha value is -4.13. The van der Waals surface area contributed by atoms with E-state index in [1.165, 1.54) is 0 Å². The van der Waals surface area contributed by atoms with Crippen LogP contribution in [0.5, 0.6) is 11.5 Å². The molecule has 1 aromatic heterocycles. The Balaban J connectivity index is 1.49. The van der Waals surface area contributed by atoms with E-state index < -0.39 is 0 Å². The smallest absolute Gasteiger partial charge is 0.291 e. The number of methoxy groups -OCH3 is 2. The fourth-order valence-electron chi connectivity index (χ4n) is 3.26. The van der Waals surface area contributed by atoms with Gasteiger partial charge in [-0.3, -0.25) is 4.79 Å². The number of carbonyl (C=O) groups is 1. The highest BCUT2D eigenvalue weighted by atomic mass is 16.5. The normalized spacial score (nSPS) is 10.6. The number of anilines is 3. The summed E-state index contributed by atoms with van der Waals surface area (Å²) in [5.74, 6) is 1.35. The Morgan fingerprint density at radius 3 is 2.61 bits per heavy atom. The van der Waals surface area contributed by atoms with E-state index in [-0.39, 0.29) is 11.7 Å². The molecular weight excluding hydrogens is 394 g/mol. The second-order valence-corrected chi connectivity index (χ2v) is 6.94. The number of fused-ring (bicyclic) bond motifs is 1. The van der Waals surface area contributed by atoms with Crippen molar-refractivity contribution in [1.29, 1.82) is 0 Å². The van der Waals surface area contributed by atoms with Crippen LogP contribution < -0.4 is 25.8 Å². The highest BCUT2D eigenvalue weighted by Crippen LogP contribution is 2.27. The summed E-state index contributed by atoms with van der Waals surface area (Å²) in [4.78, 5) is 12.6. The summed E-state index contributed by atoms with van der Waals surface area (Å²) in [6.45, 7) is 0.567. The molecule has 0 spiro atoms. The number of nitrogens with two attached hydrogens (primary N) is 1. The molecule has 3 aromatic carbocycles. The van der Waals surface area contributed by atoms with Gasteiger partial charge in [-0.1, -0.05) is 12.1 Å². The summed E-state index contributed by atoms with van der Waals surface area (Å²) in [5, 5.41) is 6.96. The summed E-state index contributed by atoms with van der Waals surface area (Å²) < 4.78 is 16.4. The number of nitrogen functional groups attached to an aromatic ring is 1. The van der Waals surface area contributed by atoms with Crippen LogP contribution in [0.25, 0.3) is 11.0 Å². The molecular formula is C24H23N3O4. The molecule has 0 fully saturated rings. The third-order valence-electron chi connectivity index (χ3n) is 4.93. The molecule has 1 amide bonds. The van der Waals surface area contributed by atoms with Crippen molar-refractivity contribution < 1.29 is 18.7 Å². The first-order valence-electron chi connectivity index (χ1n) is 9.71. The van der Waals surface area contributed by atoms with Gasteiger partial charge in [0.25, 0.3) is 5.91 Å². The molecule has 7 heteroatoms. The number of ether oxygens (including phenoxy) is 2. The third-order valence-corrected chi connectivity index (χ3v) is 4.93. The van der Waals surface area contributed by atoms with Crippen molar-refractivity contribution in [2.45, 2.75) is 6.54 Å². The molecule has 0 unspecified atom stereocenters. The second-order valence-electron chi connectivity index (χ2n) is 6.94. The first kappa shape index (κ1) is 20.2. The minimum absolute atomic E-state index is 0.215. The number of para-hydroxylation sites is 2. The third kappa shape index (κ3) is 4.40. The molecule has 4 rings (SSSR count). The number of rotatable bonds is 7. The highest BCUT2D eigenvalue weighted by Gasteiger charge is 2.14. The van der Waals surface area contributed by atoms with Crippen LogP contribution in [0.3, 0.4) is 0 Å². The van der Waals surface area contributed by atoms with Crippen molar-refractivity contribution in [2.24, 2.45) is 0 Å². The van der Waals surface area contributed by atoms with Crippen LogP contribution in [0, 0.1) is 0 Å². The molecule has 0 aliphatic heterocycles. The average molecular weight is 417 g/mol. The summed E-state index contributed by atoms with van der Waals surface area (Å²) in [6.07, 6.45) is 0. The molecule has 0 bridgehead atoms. The molecule has 1 heterocycles. The number of nitrogens with one attached hydrogen (secondary N) is 2. The molecule has 0 aliphatic carbocycles. The Labute approximate surface area is 179 Å². The first-order chi connectivity index (χ1) is 15.1. The molecule has 0 aliphatic rings. The van der Waals surface area contributed by atoms with Gasteiger partial charge in [0.2, 0.25) is 0 Å². The number of benzene rings is 3. The number of amides is 1. The van der Waals surface area contributed by atoms with Gasteiger partial charge in [0, 0.05) is 29.2 Å². The average Bonchev–Trinajstić information content (AvgIpc) is 3.22. The van der Waals surface area contributed by atoms with E-state index >= 15 is 0 Å². The molecule has 0 saturated carbocycles. The van der Waals surface area contributed by atoms with Gasteiger partial charge in [-0.2, -0.15) is 0 Å². The maximum absolute atomic E-state index is 12.6. The topological polar surface area (TPSA) is 98.8 Å². The molecule has 0 saturated heterocycles. The largest absolute Gasteiger partial charge is 0.497 e. The van der Waals surface area contributed by atoms with Crippen molar-refractivity contribution in [3.63, 3.8) is 0 Å². The second kappa shape index (κ2) is 8.71. The Bertz CT molecular complexity index is 1230. The molecule has 31 heavy (non-hydrogen) atoms. The predicted octanol–water partition coefficient (Wildman–Crippen LogP) is 4.90. The highest BCUT2D eigenvalue weighted by molar-refractivity contribution is 6.06. The van der Waals surface area contributed by atoms with E-state index in [0.29, 0.717) is 23.5 Å². The Kier molecular flexibility index (Phi) is 5.66. The predicted molar refractivity (Wildman–Crippen MR) is 122 cm³/mol. The maximum Gasteiger partial charge on any atom is 0.291 e. The number of hydrogen-bond donors (Lipinski definition) is 3. The van der Waals surface area contributed by atoms with E-state index in [1.54, 1.807) is 38.5 Å². The molecule has 4 N–H and O–H groups in total. The minimum Gasteiger partial charge on any atom is -0.497 e. The fourth-order valence-corrected chi connectivity index (χ4v) is 3.26. The number of carbonyl (C=O) groups excluding carboxylic acids is 1. The van der Waals surface area contributed by atoms with E-state index in [2.05, 4.69) is 10.6 Å². The quantitative estimate of drug-likeness (QED) is 0.370. The number of furan rings is 1. The van der Waals surface area contributed by atoms with Crippen molar-refractivity contribution in [1.82, 2.24) is 0 Å². The van der Waals surface area contributed by atoms with Crippen molar-refractivity contribution in [3.05, 3.63) is 78.1 Å². The molecule has 0 atom stereocenters. The minimum atomic E-state index is -0.355. The Morgan fingerprint density at radius 2 is 1.84 bits per heavy atom. The van der Waals surface area contributed by atoms with Gasteiger partial charge in [0.1, 0.15) is 17.1 Å². The van der Waals surface area contributed by atoms with Crippen LogP contribution in [-0.4, -0.2) is 20.1 Å². The van der Waals surface area contributed by atoms with Crippen molar-refractivity contribution >= 4 is 33.9 Å². The van der Waals surface area contributed by atoms with E-state index in [9.17, 15) is 4.79 Å². The summed E-state index contributed by atoms with van der Waals surface area (Å²) in [5.41, 5.74) is 9.44. The standard InChI is InChI=1S/C24H23N3O4/c1-29-18-9-7-15(22(13-18)30-2)14-26-17-8-10-21-16(11-17)12-23(31-21)24(28)27-20-6-4-3-5-19(20)25/h3-13,26H,14,25H2,1-2H3,(H,27,28). The van der Waals surface area contributed by atoms with Gasteiger partial charge in [-0.15, -0.1) is 0 Å². The fraction of sp³-hybridized carbons (Fsp3) is 0.125. The van der Waals surface area contributed by atoms with Crippen molar-refractivity contribution in [2.75, 3.05) is 30.6 Å². The van der Waals surface area contributed by atoms with Crippen LogP contribution in [0.4, 0.5) is 17.1 Å². The van der Waals surface area contributed by atoms with Gasteiger partial charge in [-0.05, 0) is 48.5 Å². The van der Waals surface area contributed by atoms with E-state index in [1.807, 2.05) is 42.5 Å². The lowest BCUT2D eigenvalue weighted by atomic mass is 10.1. The lowest BCUT2D eigenvalue weighted by Gasteiger charge is -2.12. The van der Waals surface area contributed by atoms with Gasteiger partial charge < -0.3 is 30.3 Å². The van der Waals surface area contributed by atoms with Crippen LogP contribution in [-0.2, 0) is 6.54 Å². The molecule has 4 aromatic rings. The summed E-state index contributed by atoms with van der Waals surface area (Å²) in [7, 11) is 3.25. The molecule has 158 valence electrons. The van der Waals surface area contributed by atoms with E-state index in [0.717, 1.165) is 28.1 Å². The SMILES string of the molecule is COc1ccc(CNc2ccc3oc(C(=O)Nc4ccccc4N)cc3c2)c(OC)c1. The van der Waals surface area contributed by atoms with Gasteiger partial charge >= 0.3 is 0 Å². The zero-order valence-corrected chi connectivity index (χ0v) is 17.3. The van der Waals surface area contributed by atoms with Crippen molar-refractivity contribution in [3.8, 4) is 11.5 Å². The summed E-state index contributed by atoms with van der Waals surface area (Å²) >= 11 is 0. The Morgan fingerprint density at radius 1 is 1.00 bits per heavy atom. The lowest BCUT2D eigenvalue weighted by Crippen LogP contribution is -2.12. The molecule has 0 radical (unpaired) electrons. The van der Waals surface area contributed by atoms with Crippen LogP contribution >= 0.6 is 0 Å². The monoisotopic (exact) mass is 417 g/mol. The number of hydrogen-bond acceptors (Lipinski definition) is 6. The maximum atomic E-state index is 12.6. The van der Waals surface area contributed by atoms with Gasteiger partial charge in [0.05, 0.1) is 25.6 Å². The zero-order chi connectivity index (χ0) is 21.8. The van der Waals surface area contributed by atoms with Crippen LogP contribution in [0.15, 0.2) is 71.1 Å². The zero-order valence-electron chi connectivity index (χ0n) is 17.3. The van der Waals surface area contributed by atoms with Crippen LogP contribution in [0.2, 0.25) is 0 Å². The van der Waals surface area contributed by atoms with Gasteiger partial charge in [0.15, 0.2) is 5.76 Å².